The summed E-state index contributed by atoms with van der Waals surface area (Å²) in [6.07, 6.45) is 5.30. The minimum atomic E-state index is -0.427. The highest BCUT2D eigenvalue weighted by atomic mass is 16.3. The third-order valence-electron chi connectivity index (χ3n) is 4.40. The standard InChI is InChI=1S/C21H17N3O3/c1-14(15-6-8-16(9-7-15)24-11-10-22-13-24)23-21(26)20-12-18(25)17-4-2-3-5-19(17)27-20/h2-14H,1H3,(H,23,26)/t14-/m1/s1. The second kappa shape index (κ2) is 6.92. The molecular formula is C21H17N3O3. The first-order valence-corrected chi connectivity index (χ1v) is 8.54. The third kappa shape index (κ3) is 3.37. The Labute approximate surface area is 155 Å². The van der Waals surface area contributed by atoms with E-state index in [4.69, 9.17) is 4.42 Å². The van der Waals surface area contributed by atoms with Crippen LogP contribution in [0.5, 0.6) is 0 Å². The highest BCUT2D eigenvalue weighted by Crippen LogP contribution is 2.17. The average Bonchev–Trinajstić information content (AvgIpc) is 3.23. The lowest BCUT2D eigenvalue weighted by Crippen LogP contribution is -2.27. The van der Waals surface area contributed by atoms with Crippen LogP contribution in [-0.4, -0.2) is 15.5 Å². The largest absolute Gasteiger partial charge is 0.451 e. The lowest BCUT2D eigenvalue weighted by Gasteiger charge is -2.14. The third-order valence-corrected chi connectivity index (χ3v) is 4.40. The molecule has 0 saturated carbocycles. The van der Waals surface area contributed by atoms with Crippen LogP contribution in [0.4, 0.5) is 0 Å². The molecule has 1 amide bonds. The van der Waals surface area contributed by atoms with Crippen LogP contribution in [0.15, 0.2) is 82.5 Å². The number of aromatic nitrogens is 2. The number of hydrogen-bond donors (Lipinski definition) is 1. The van der Waals surface area contributed by atoms with Crippen molar-refractivity contribution in [1.82, 2.24) is 14.9 Å². The number of hydrogen-bond acceptors (Lipinski definition) is 4. The molecule has 2 heterocycles. The second-order valence-corrected chi connectivity index (χ2v) is 6.23. The molecule has 0 fully saturated rings. The highest BCUT2D eigenvalue weighted by Gasteiger charge is 2.15. The number of para-hydroxylation sites is 1. The first-order valence-electron chi connectivity index (χ1n) is 8.54. The van der Waals surface area contributed by atoms with Gasteiger partial charge in [0, 0.05) is 24.1 Å². The van der Waals surface area contributed by atoms with Gasteiger partial charge in [0.05, 0.1) is 17.8 Å². The number of nitrogens with zero attached hydrogens (tertiary/aromatic N) is 2. The van der Waals surface area contributed by atoms with Crippen molar-refractivity contribution in [2.75, 3.05) is 0 Å². The van der Waals surface area contributed by atoms with Crippen LogP contribution in [-0.2, 0) is 0 Å². The van der Waals surface area contributed by atoms with Crippen molar-refractivity contribution < 1.29 is 9.21 Å². The zero-order valence-corrected chi connectivity index (χ0v) is 14.6. The average molecular weight is 359 g/mol. The maximum Gasteiger partial charge on any atom is 0.287 e. The first-order chi connectivity index (χ1) is 13.1. The highest BCUT2D eigenvalue weighted by molar-refractivity contribution is 5.93. The van der Waals surface area contributed by atoms with Crippen molar-refractivity contribution in [3.63, 3.8) is 0 Å². The van der Waals surface area contributed by atoms with E-state index in [2.05, 4.69) is 10.3 Å². The Bertz CT molecular complexity index is 1150. The van der Waals surface area contributed by atoms with Gasteiger partial charge in [0.15, 0.2) is 11.2 Å². The second-order valence-electron chi connectivity index (χ2n) is 6.23. The molecule has 27 heavy (non-hydrogen) atoms. The summed E-state index contributed by atoms with van der Waals surface area (Å²) < 4.78 is 7.49. The molecule has 0 unspecified atom stereocenters. The van der Waals surface area contributed by atoms with Gasteiger partial charge in [-0.1, -0.05) is 24.3 Å². The Morgan fingerprint density at radius 3 is 2.67 bits per heavy atom. The summed E-state index contributed by atoms with van der Waals surface area (Å²) in [6, 6.07) is 15.6. The number of nitrogens with one attached hydrogen (secondary N) is 1. The van der Waals surface area contributed by atoms with Gasteiger partial charge in [0.1, 0.15) is 5.58 Å². The Morgan fingerprint density at radius 1 is 1.15 bits per heavy atom. The molecule has 6 heteroatoms. The number of benzene rings is 2. The molecular weight excluding hydrogens is 342 g/mol. The fraction of sp³-hybridized carbons (Fsp3) is 0.0952. The van der Waals surface area contributed by atoms with Crippen LogP contribution in [0.3, 0.4) is 0 Å². The van der Waals surface area contributed by atoms with Crippen LogP contribution >= 0.6 is 0 Å². The van der Waals surface area contributed by atoms with Gasteiger partial charge in [0.2, 0.25) is 0 Å². The number of imidazole rings is 1. The minimum absolute atomic E-state index is 0.000542. The van der Waals surface area contributed by atoms with Gasteiger partial charge in [-0.15, -0.1) is 0 Å². The summed E-state index contributed by atoms with van der Waals surface area (Å²) in [5.41, 5.74) is 2.08. The normalized spacial score (nSPS) is 12.0. The van der Waals surface area contributed by atoms with E-state index < -0.39 is 5.91 Å². The monoisotopic (exact) mass is 359 g/mol. The molecule has 0 aliphatic carbocycles. The number of carbonyl (C=O) groups excluding carboxylic acids is 1. The van der Waals surface area contributed by atoms with E-state index in [-0.39, 0.29) is 17.2 Å². The first kappa shape index (κ1) is 16.8. The number of carbonyl (C=O) groups is 1. The smallest absolute Gasteiger partial charge is 0.287 e. The van der Waals surface area contributed by atoms with Gasteiger partial charge in [-0.25, -0.2) is 4.98 Å². The van der Waals surface area contributed by atoms with Crippen LogP contribution in [0.2, 0.25) is 0 Å². The molecule has 2 aromatic carbocycles. The number of fused-ring (bicyclic) bond motifs is 1. The number of amides is 1. The summed E-state index contributed by atoms with van der Waals surface area (Å²) in [5, 5.41) is 3.32. The predicted molar refractivity (Wildman–Crippen MR) is 102 cm³/mol. The maximum atomic E-state index is 12.5. The molecule has 2 aromatic heterocycles. The molecule has 0 saturated heterocycles. The molecule has 1 N–H and O–H groups in total. The van der Waals surface area contributed by atoms with Crippen molar-refractivity contribution in [2.45, 2.75) is 13.0 Å². The van der Waals surface area contributed by atoms with E-state index >= 15 is 0 Å². The van der Waals surface area contributed by atoms with Gasteiger partial charge in [-0.3, -0.25) is 9.59 Å². The summed E-state index contributed by atoms with van der Waals surface area (Å²) in [7, 11) is 0. The number of rotatable bonds is 4. The Balaban J connectivity index is 1.53. The summed E-state index contributed by atoms with van der Waals surface area (Å²) >= 11 is 0. The SMILES string of the molecule is C[C@@H](NC(=O)c1cc(=O)c2ccccc2o1)c1ccc(-n2ccnc2)cc1. The lowest BCUT2D eigenvalue weighted by molar-refractivity contribution is 0.0912. The van der Waals surface area contributed by atoms with E-state index in [0.717, 1.165) is 11.3 Å². The summed E-state index contributed by atoms with van der Waals surface area (Å²) in [4.78, 5) is 28.7. The van der Waals surface area contributed by atoms with E-state index in [1.165, 1.54) is 6.07 Å². The molecule has 0 bridgehead atoms. The summed E-state index contributed by atoms with van der Waals surface area (Å²) in [5.74, 6) is -0.426. The van der Waals surface area contributed by atoms with Crippen molar-refractivity contribution in [2.24, 2.45) is 0 Å². The topological polar surface area (TPSA) is 77.1 Å². The molecule has 6 nitrogen and oxygen atoms in total. The molecule has 0 spiro atoms. The Kier molecular flexibility index (Phi) is 4.30. The molecule has 0 aliphatic rings. The fourth-order valence-corrected chi connectivity index (χ4v) is 2.91. The molecule has 4 aromatic rings. The maximum absolute atomic E-state index is 12.5. The van der Waals surface area contributed by atoms with Crippen LogP contribution in [0.1, 0.15) is 29.1 Å². The van der Waals surface area contributed by atoms with Gasteiger partial charge in [0.25, 0.3) is 5.91 Å². The van der Waals surface area contributed by atoms with Crippen molar-refractivity contribution in [3.8, 4) is 5.69 Å². The quantitative estimate of drug-likeness (QED) is 0.605. The van der Waals surface area contributed by atoms with E-state index in [0.29, 0.717) is 11.0 Å². The van der Waals surface area contributed by atoms with E-state index in [1.54, 1.807) is 36.8 Å². The van der Waals surface area contributed by atoms with Gasteiger partial charge < -0.3 is 14.3 Å². The van der Waals surface area contributed by atoms with Crippen LogP contribution < -0.4 is 10.7 Å². The molecule has 4 rings (SSSR count). The van der Waals surface area contributed by atoms with Gasteiger partial charge >= 0.3 is 0 Å². The van der Waals surface area contributed by atoms with Crippen molar-refractivity contribution in [3.05, 3.63) is 94.9 Å². The van der Waals surface area contributed by atoms with Gasteiger partial charge in [-0.05, 0) is 36.8 Å². The predicted octanol–water partition coefficient (Wildman–Crippen LogP) is 3.47. The lowest BCUT2D eigenvalue weighted by atomic mass is 10.1. The molecule has 0 radical (unpaired) electrons. The van der Waals surface area contributed by atoms with Gasteiger partial charge in [-0.2, -0.15) is 0 Å². The molecule has 1 atom stereocenters. The minimum Gasteiger partial charge on any atom is -0.451 e. The Morgan fingerprint density at radius 2 is 1.93 bits per heavy atom. The zero-order chi connectivity index (χ0) is 18.8. The van der Waals surface area contributed by atoms with E-state index in [9.17, 15) is 9.59 Å². The van der Waals surface area contributed by atoms with E-state index in [1.807, 2.05) is 42.0 Å². The van der Waals surface area contributed by atoms with Crippen LogP contribution in [0.25, 0.3) is 16.7 Å². The molecule has 134 valence electrons. The summed E-state index contributed by atoms with van der Waals surface area (Å²) in [6.45, 7) is 1.88. The van der Waals surface area contributed by atoms with Crippen molar-refractivity contribution in [1.29, 1.82) is 0 Å². The van der Waals surface area contributed by atoms with Crippen LogP contribution in [0, 0.1) is 0 Å². The molecule has 0 aliphatic heterocycles. The Hall–Kier alpha value is -3.67. The van der Waals surface area contributed by atoms with Crippen molar-refractivity contribution >= 4 is 16.9 Å². The fourth-order valence-electron chi connectivity index (χ4n) is 2.91. The zero-order valence-electron chi connectivity index (χ0n) is 14.6.